The normalized spacial score (nSPS) is 11.6. The van der Waals surface area contributed by atoms with E-state index >= 15 is 0 Å². The Morgan fingerprint density at radius 2 is 1.47 bits per heavy atom. The summed E-state index contributed by atoms with van der Waals surface area (Å²) in [5.41, 5.74) is 2.51. The summed E-state index contributed by atoms with van der Waals surface area (Å²) in [6, 6.07) is 35.1. The van der Waals surface area contributed by atoms with Gasteiger partial charge in [0.1, 0.15) is 22.4 Å². The Morgan fingerprint density at radius 3 is 2.18 bits per heavy atom. The van der Waals surface area contributed by atoms with E-state index in [2.05, 4.69) is 16.0 Å². The second-order valence-corrected chi connectivity index (χ2v) is 12.4. The fourth-order valence-electron chi connectivity index (χ4n) is 4.72. The number of hydrogen-bond acceptors (Lipinski definition) is 6. The van der Waals surface area contributed by atoms with Crippen molar-refractivity contribution in [2.45, 2.75) is 10.1 Å². The van der Waals surface area contributed by atoms with Crippen LogP contribution in [0.3, 0.4) is 0 Å². The summed E-state index contributed by atoms with van der Waals surface area (Å²) in [6.45, 7) is 0. The van der Waals surface area contributed by atoms with E-state index in [0.717, 1.165) is 5.56 Å². The summed E-state index contributed by atoms with van der Waals surface area (Å²) < 4.78 is 10.8. The van der Waals surface area contributed by atoms with Crippen LogP contribution in [0.15, 0.2) is 132 Å². The van der Waals surface area contributed by atoms with Gasteiger partial charge in [-0.1, -0.05) is 83.9 Å². The number of thioether (sulfide) groups is 1. The van der Waals surface area contributed by atoms with E-state index in [0.29, 0.717) is 43.9 Å². The first-order chi connectivity index (χ1) is 23.7. The molecule has 0 heterocycles. The van der Waals surface area contributed by atoms with Gasteiger partial charge in [-0.05, 0) is 66.2 Å². The Kier molecular flexibility index (Phi) is 12.0. The summed E-state index contributed by atoms with van der Waals surface area (Å²) in [7, 11) is 3.04. The highest BCUT2D eigenvalue weighted by Crippen LogP contribution is 2.38. The van der Waals surface area contributed by atoms with Crippen molar-refractivity contribution < 1.29 is 23.9 Å². The minimum absolute atomic E-state index is 0.0182. The van der Waals surface area contributed by atoms with Crippen LogP contribution in [0.25, 0.3) is 6.08 Å². The van der Waals surface area contributed by atoms with E-state index in [1.165, 1.54) is 24.9 Å². The van der Waals surface area contributed by atoms with Gasteiger partial charge in [0.25, 0.3) is 11.8 Å². The molecular formula is C38H31Cl2N3O5S. The maximum atomic E-state index is 13.8. The highest BCUT2D eigenvalue weighted by atomic mass is 35.5. The van der Waals surface area contributed by atoms with Crippen LogP contribution in [0.5, 0.6) is 11.5 Å². The Morgan fingerprint density at radius 1 is 0.755 bits per heavy atom. The lowest BCUT2D eigenvalue weighted by Gasteiger charge is -2.18. The van der Waals surface area contributed by atoms with Crippen LogP contribution in [0.4, 0.5) is 11.4 Å². The molecule has 248 valence electrons. The van der Waals surface area contributed by atoms with Gasteiger partial charge in [-0.25, -0.2) is 0 Å². The van der Waals surface area contributed by atoms with Gasteiger partial charge < -0.3 is 25.4 Å². The molecule has 0 aliphatic rings. The monoisotopic (exact) mass is 711 g/mol. The van der Waals surface area contributed by atoms with Gasteiger partial charge in [-0.2, -0.15) is 0 Å². The predicted octanol–water partition coefficient (Wildman–Crippen LogP) is 8.89. The van der Waals surface area contributed by atoms with Gasteiger partial charge in [-0.15, -0.1) is 11.8 Å². The van der Waals surface area contributed by atoms with Crippen molar-refractivity contribution in [2.75, 3.05) is 24.9 Å². The van der Waals surface area contributed by atoms with Crippen LogP contribution in [-0.2, 0) is 9.59 Å². The molecule has 0 aromatic heterocycles. The average Bonchev–Trinajstić information content (AvgIpc) is 3.13. The summed E-state index contributed by atoms with van der Waals surface area (Å²) in [6.07, 6.45) is 1.53. The molecule has 5 aromatic rings. The first-order valence-electron chi connectivity index (χ1n) is 14.9. The molecule has 11 heteroatoms. The van der Waals surface area contributed by atoms with E-state index in [-0.39, 0.29) is 16.6 Å². The lowest BCUT2D eigenvalue weighted by atomic mass is 10.1. The van der Waals surface area contributed by atoms with Crippen LogP contribution in [-0.4, -0.2) is 31.9 Å². The Labute approximate surface area is 298 Å². The molecule has 49 heavy (non-hydrogen) atoms. The Balaban J connectivity index is 1.41. The van der Waals surface area contributed by atoms with Crippen molar-refractivity contribution in [3.05, 3.63) is 154 Å². The number of rotatable bonds is 12. The Hall–Kier alpha value is -5.22. The molecule has 5 aromatic carbocycles. The van der Waals surface area contributed by atoms with Crippen molar-refractivity contribution in [2.24, 2.45) is 0 Å². The number of hydrogen-bond donors (Lipinski definition) is 3. The highest BCUT2D eigenvalue weighted by Gasteiger charge is 2.24. The van der Waals surface area contributed by atoms with Crippen molar-refractivity contribution in [1.29, 1.82) is 0 Å². The summed E-state index contributed by atoms with van der Waals surface area (Å²) >= 11 is 13.8. The third-order valence-corrected chi connectivity index (χ3v) is 9.23. The predicted molar refractivity (Wildman–Crippen MR) is 197 cm³/mol. The number of amides is 3. The molecule has 1 unspecified atom stereocenters. The topological polar surface area (TPSA) is 106 Å². The number of methoxy groups -OCH3 is 2. The number of ether oxygens (including phenoxy) is 2. The van der Waals surface area contributed by atoms with Crippen molar-refractivity contribution in [3.63, 3.8) is 0 Å². The van der Waals surface area contributed by atoms with Gasteiger partial charge in [-0.3, -0.25) is 14.4 Å². The van der Waals surface area contributed by atoms with Crippen molar-refractivity contribution in [3.8, 4) is 11.5 Å². The third kappa shape index (κ3) is 9.23. The van der Waals surface area contributed by atoms with Crippen molar-refractivity contribution in [1.82, 2.24) is 5.32 Å². The maximum Gasteiger partial charge on any atom is 0.272 e. The van der Waals surface area contributed by atoms with Gasteiger partial charge in [0.05, 0.1) is 30.0 Å². The molecule has 5 rings (SSSR count). The average molecular weight is 713 g/mol. The SMILES string of the molecule is COc1ccc(/C=C(/NC(=O)c2ccccc2)C(=O)Nc2cccc(SC(C(=O)Nc3cccc(Cl)c3Cl)c3ccccc3)c2)c(OC)c1. The number of halogens is 2. The molecule has 3 amide bonds. The smallest absolute Gasteiger partial charge is 0.272 e. The molecule has 3 N–H and O–H groups in total. The molecule has 1 atom stereocenters. The minimum Gasteiger partial charge on any atom is -0.497 e. The van der Waals surface area contributed by atoms with E-state index in [1.807, 2.05) is 36.4 Å². The molecule has 0 aliphatic heterocycles. The van der Waals surface area contributed by atoms with E-state index in [4.69, 9.17) is 32.7 Å². The molecule has 0 radical (unpaired) electrons. The number of carbonyl (C=O) groups excluding carboxylic acids is 3. The largest absolute Gasteiger partial charge is 0.497 e. The summed E-state index contributed by atoms with van der Waals surface area (Å²) in [4.78, 5) is 41.3. The van der Waals surface area contributed by atoms with Crippen LogP contribution in [0, 0.1) is 0 Å². The number of carbonyl (C=O) groups is 3. The molecule has 0 bridgehead atoms. The zero-order chi connectivity index (χ0) is 34.8. The van der Waals surface area contributed by atoms with Gasteiger partial charge in [0.2, 0.25) is 5.91 Å². The van der Waals surface area contributed by atoms with E-state index < -0.39 is 17.1 Å². The molecule has 0 saturated carbocycles. The van der Waals surface area contributed by atoms with Gasteiger partial charge in [0.15, 0.2) is 0 Å². The lowest BCUT2D eigenvalue weighted by Crippen LogP contribution is -2.30. The number of nitrogens with one attached hydrogen (secondary N) is 3. The molecule has 8 nitrogen and oxygen atoms in total. The minimum atomic E-state index is -0.676. The zero-order valence-electron chi connectivity index (χ0n) is 26.4. The fraction of sp³-hybridized carbons (Fsp3) is 0.0789. The summed E-state index contributed by atoms with van der Waals surface area (Å²) in [5.74, 6) is -0.327. The molecule has 0 aliphatic carbocycles. The first kappa shape index (κ1) is 35.1. The second-order valence-electron chi connectivity index (χ2n) is 10.5. The molecule has 0 fully saturated rings. The van der Waals surface area contributed by atoms with Crippen molar-refractivity contribution >= 4 is 70.1 Å². The first-order valence-corrected chi connectivity index (χ1v) is 16.6. The van der Waals surface area contributed by atoms with Gasteiger partial charge >= 0.3 is 0 Å². The second kappa shape index (κ2) is 16.7. The fourth-order valence-corrected chi connectivity index (χ4v) is 6.15. The maximum absolute atomic E-state index is 13.8. The quantitative estimate of drug-likeness (QED) is 0.0882. The molecular weight excluding hydrogens is 681 g/mol. The molecule has 0 spiro atoms. The van der Waals surface area contributed by atoms with Crippen LogP contribution >= 0.6 is 35.0 Å². The third-order valence-electron chi connectivity index (χ3n) is 7.17. The highest BCUT2D eigenvalue weighted by molar-refractivity contribution is 8.00. The van der Waals surface area contributed by atoms with Gasteiger partial charge in [0, 0.05) is 27.8 Å². The zero-order valence-corrected chi connectivity index (χ0v) is 28.7. The van der Waals surface area contributed by atoms with Crippen LogP contribution < -0.4 is 25.4 Å². The van der Waals surface area contributed by atoms with E-state index in [1.54, 1.807) is 92.0 Å². The van der Waals surface area contributed by atoms with Crippen LogP contribution in [0.1, 0.15) is 26.7 Å². The summed E-state index contributed by atoms with van der Waals surface area (Å²) in [5, 5.41) is 8.41. The number of anilines is 2. The van der Waals surface area contributed by atoms with Crippen LogP contribution in [0.2, 0.25) is 10.0 Å². The number of benzene rings is 5. The standard InChI is InChI=1S/C38H31Cl2N3O5S/c1-47-28-20-19-26(33(23-28)48-2)21-32(43-36(44)25-13-7-4-8-14-25)37(45)41-27-15-9-16-29(22-27)49-35(24-11-5-3-6-12-24)38(46)42-31-18-10-17-30(39)34(31)40/h3-23,35H,1-2H3,(H,41,45)(H,42,46)(H,43,44)/b32-21+. The molecule has 0 saturated heterocycles. The van der Waals surface area contributed by atoms with E-state index in [9.17, 15) is 14.4 Å². The lowest BCUT2D eigenvalue weighted by molar-refractivity contribution is -0.116. The Bertz CT molecular complexity index is 1990.